The molecule has 28 heavy (non-hydrogen) atoms. The molecule has 5 nitrogen and oxygen atoms in total. The lowest BCUT2D eigenvalue weighted by molar-refractivity contribution is -0.113. The summed E-state index contributed by atoms with van der Waals surface area (Å²) in [5, 5.41) is 15.1. The van der Waals surface area contributed by atoms with Crippen LogP contribution in [-0.4, -0.2) is 26.4 Å². The molecule has 0 fully saturated rings. The number of thiophene rings is 1. The number of thioether (sulfide) groups is 1. The largest absolute Gasteiger partial charge is 0.325 e. The summed E-state index contributed by atoms with van der Waals surface area (Å²) >= 11 is 15.0. The van der Waals surface area contributed by atoms with Gasteiger partial charge < -0.3 is 9.88 Å². The van der Waals surface area contributed by atoms with E-state index in [0.29, 0.717) is 21.7 Å². The molecule has 0 atom stereocenters. The molecular weight excluding hydrogens is 435 g/mol. The number of hydrogen-bond acceptors (Lipinski definition) is 5. The summed E-state index contributed by atoms with van der Waals surface area (Å²) in [7, 11) is 0. The van der Waals surface area contributed by atoms with Crippen molar-refractivity contribution in [1.29, 1.82) is 0 Å². The Morgan fingerprint density at radius 3 is 2.68 bits per heavy atom. The summed E-state index contributed by atoms with van der Waals surface area (Å²) in [5.74, 6) is 1.39. The van der Waals surface area contributed by atoms with E-state index in [9.17, 15) is 4.79 Å². The summed E-state index contributed by atoms with van der Waals surface area (Å²) in [6.07, 6.45) is 0. The van der Waals surface area contributed by atoms with E-state index in [0.717, 1.165) is 23.1 Å². The summed E-state index contributed by atoms with van der Waals surface area (Å²) in [6, 6.07) is 7.16. The van der Waals surface area contributed by atoms with Gasteiger partial charge >= 0.3 is 0 Å². The SMILES string of the molecule is CCn1c(SCC(=O)Nc2ccc(Cl)c(Cl)c2)nnc1-c1csc(C(C)C)c1. The van der Waals surface area contributed by atoms with Crippen LogP contribution in [-0.2, 0) is 11.3 Å². The number of rotatable bonds is 7. The Bertz CT molecular complexity index is 984. The van der Waals surface area contributed by atoms with Gasteiger partial charge in [0.1, 0.15) is 0 Å². The van der Waals surface area contributed by atoms with E-state index in [-0.39, 0.29) is 11.7 Å². The predicted molar refractivity (Wildman–Crippen MR) is 119 cm³/mol. The summed E-state index contributed by atoms with van der Waals surface area (Å²) in [6.45, 7) is 7.12. The number of hydrogen-bond donors (Lipinski definition) is 1. The van der Waals surface area contributed by atoms with Gasteiger partial charge in [0.2, 0.25) is 5.91 Å². The molecule has 0 radical (unpaired) electrons. The van der Waals surface area contributed by atoms with Crippen LogP contribution >= 0.6 is 46.3 Å². The first kappa shape index (κ1) is 21.2. The lowest BCUT2D eigenvalue weighted by atomic mass is 10.1. The topological polar surface area (TPSA) is 59.8 Å². The van der Waals surface area contributed by atoms with Gasteiger partial charge in [0.05, 0.1) is 15.8 Å². The molecule has 0 aliphatic heterocycles. The Kier molecular flexibility index (Phi) is 7.04. The lowest BCUT2D eigenvalue weighted by Crippen LogP contribution is -2.14. The maximum Gasteiger partial charge on any atom is 0.234 e. The standard InChI is InChI=1S/C19H20Cl2N4OS2/c1-4-25-18(12-7-16(11(2)3)27-9-12)23-24-19(25)28-10-17(26)22-13-5-6-14(20)15(21)8-13/h5-9,11H,4,10H2,1-3H3,(H,22,26). The van der Waals surface area contributed by atoms with Crippen LogP contribution in [0.15, 0.2) is 34.8 Å². The van der Waals surface area contributed by atoms with Gasteiger partial charge in [0.25, 0.3) is 0 Å². The minimum atomic E-state index is -0.145. The normalized spacial score (nSPS) is 11.2. The van der Waals surface area contributed by atoms with E-state index in [1.165, 1.54) is 16.6 Å². The molecule has 0 unspecified atom stereocenters. The Morgan fingerprint density at radius 1 is 1.25 bits per heavy atom. The van der Waals surface area contributed by atoms with Crippen molar-refractivity contribution in [2.24, 2.45) is 0 Å². The monoisotopic (exact) mass is 454 g/mol. The smallest absolute Gasteiger partial charge is 0.234 e. The summed E-state index contributed by atoms with van der Waals surface area (Å²) < 4.78 is 2.03. The quantitative estimate of drug-likeness (QED) is 0.432. The van der Waals surface area contributed by atoms with Crippen molar-refractivity contribution in [3.63, 3.8) is 0 Å². The molecule has 3 rings (SSSR count). The molecule has 0 bridgehead atoms. The van der Waals surface area contributed by atoms with E-state index in [1.807, 2.05) is 11.5 Å². The fourth-order valence-corrected chi connectivity index (χ4v) is 4.57. The maximum absolute atomic E-state index is 12.3. The van der Waals surface area contributed by atoms with Crippen molar-refractivity contribution in [3.05, 3.63) is 44.6 Å². The molecule has 0 saturated carbocycles. The third-order valence-corrected chi connectivity index (χ3v) is 6.95. The van der Waals surface area contributed by atoms with Crippen LogP contribution < -0.4 is 5.32 Å². The van der Waals surface area contributed by atoms with Gasteiger partial charge in [-0.1, -0.05) is 48.8 Å². The first-order valence-corrected chi connectivity index (χ1v) is 11.4. The van der Waals surface area contributed by atoms with Crippen molar-refractivity contribution in [1.82, 2.24) is 14.8 Å². The van der Waals surface area contributed by atoms with Crippen LogP contribution in [0.3, 0.4) is 0 Å². The van der Waals surface area contributed by atoms with Crippen LogP contribution in [0.2, 0.25) is 10.0 Å². The molecule has 3 aromatic rings. The number of carbonyl (C=O) groups excluding carboxylic acids is 1. The Labute approximate surface area is 182 Å². The van der Waals surface area contributed by atoms with Gasteiger partial charge in [-0.3, -0.25) is 4.79 Å². The number of carbonyl (C=O) groups is 1. The number of anilines is 1. The Hall–Kier alpha value is -1.54. The molecule has 1 aromatic carbocycles. The van der Waals surface area contributed by atoms with Gasteiger partial charge in [0, 0.05) is 28.1 Å². The van der Waals surface area contributed by atoms with E-state index < -0.39 is 0 Å². The van der Waals surface area contributed by atoms with Crippen molar-refractivity contribution in [2.45, 2.75) is 38.4 Å². The lowest BCUT2D eigenvalue weighted by Gasteiger charge is -2.08. The molecule has 1 amide bonds. The number of nitrogens with zero attached hydrogens (tertiary/aromatic N) is 3. The molecule has 0 saturated heterocycles. The first-order chi connectivity index (χ1) is 13.4. The zero-order chi connectivity index (χ0) is 20.3. The number of amides is 1. The Morgan fingerprint density at radius 2 is 2.04 bits per heavy atom. The van der Waals surface area contributed by atoms with Crippen LogP contribution in [0.4, 0.5) is 5.69 Å². The summed E-state index contributed by atoms with van der Waals surface area (Å²) in [4.78, 5) is 13.6. The van der Waals surface area contributed by atoms with Crippen molar-refractivity contribution >= 4 is 57.9 Å². The molecule has 0 spiro atoms. The number of benzene rings is 1. The van der Waals surface area contributed by atoms with Crippen molar-refractivity contribution in [3.8, 4) is 11.4 Å². The molecule has 1 N–H and O–H groups in total. The molecule has 2 heterocycles. The highest BCUT2D eigenvalue weighted by Crippen LogP contribution is 2.31. The zero-order valence-electron chi connectivity index (χ0n) is 15.7. The highest BCUT2D eigenvalue weighted by molar-refractivity contribution is 7.99. The molecule has 9 heteroatoms. The van der Waals surface area contributed by atoms with Crippen LogP contribution in [0.5, 0.6) is 0 Å². The van der Waals surface area contributed by atoms with Gasteiger partial charge in [0.15, 0.2) is 11.0 Å². The Balaban J connectivity index is 1.68. The second kappa shape index (κ2) is 9.31. The number of halogens is 2. The minimum absolute atomic E-state index is 0.145. The zero-order valence-corrected chi connectivity index (χ0v) is 18.8. The van der Waals surface area contributed by atoms with E-state index in [1.54, 1.807) is 29.5 Å². The van der Waals surface area contributed by atoms with Crippen LogP contribution in [0.1, 0.15) is 31.6 Å². The third kappa shape index (κ3) is 4.89. The van der Waals surface area contributed by atoms with Crippen molar-refractivity contribution < 1.29 is 4.79 Å². The number of aromatic nitrogens is 3. The number of nitrogens with one attached hydrogen (secondary N) is 1. The van der Waals surface area contributed by atoms with Gasteiger partial charge in [-0.25, -0.2) is 0 Å². The van der Waals surface area contributed by atoms with Crippen molar-refractivity contribution in [2.75, 3.05) is 11.1 Å². The van der Waals surface area contributed by atoms with E-state index in [2.05, 4.69) is 40.8 Å². The average molecular weight is 455 g/mol. The summed E-state index contributed by atoms with van der Waals surface area (Å²) in [5.41, 5.74) is 1.67. The molecule has 2 aromatic heterocycles. The minimum Gasteiger partial charge on any atom is -0.325 e. The third-order valence-electron chi connectivity index (χ3n) is 4.02. The molecule has 0 aliphatic carbocycles. The molecule has 0 aliphatic rings. The van der Waals surface area contributed by atoms with Gasteiger partial charge in [-0.15, -0.1) is 21.5 Å². The predicted octanol–water partition coefficient (Wildman–Crippen LogP) is 6.19. The van der Waals surface area contributed by atoms with Crippen LogP contribution in [0, 0.1) is 0 Å². The fraction of sp³-hybridized carbons (Fsp3) is 0.316. The first-order valence-electron chi connectivity index (χ1n) is 8.78. The van der Waals surface area contributed by atoms with Gasteiger partial charge in [-0.2, -0.15) is 0 Å². The highest BCUT2D eigenvalue weighted by atomic mass is 35.5. The maximum atomic E-state index is 12.3. The second-order valence-electron chi connectivity index (χ2n) is 6.41. The van der Waals surface area contributed by atoms with Gasteiger partial charge in [-0.05, 0) is 37.1 Å². The second-order valence-corrected chi connectivity index (χ2v) is 9.11. The van der Waals surface area contributed by atoms with Crippen LogP contribution in [0.25, 0.3) is 11.4 Å². The average Bonchev–Trinajstić information content (AvgIpc) is 3.29. The van der Waals surface area contributed by atoms with E-state index in [4.69, 9.17) is 23.2 Å². The highest BCUT2D eigenvalue weighted by Gasteiger charge is 2.16. The van der Waals surface area contributed by atoms with E-state index >= 15 is 0 Å². The fourth-order valence-electron chi connectivity index (χ4n) is 2.57. The molecule has 148 valence electrons. The molecular formula is C19H20Cl2N4OS2.